The molecule has 0 bridgehead atoms. The molecule has 5 heteroatoms. The summed E-state index contributed by atoms with van der Waals surface area (Å²) >= 11 is 0. The average Bonchev–Trinajstić information content (AvgIpc) is 2.84. The zero-order chi connectivity index (χ0) is 18.8. The molecule has 0 amide bonds. The summed E-state index contributed by atoms with van der Waals surface area (Å²) in [5.74, 6) is 0.401. The quantitative estimate of drug-likeness (QED) is 0.278. The van der Waals surface area contributed by atoms with Crippen LogP contribution < -0.4 is 0 Å². The number of rotatable bonds is 6. The van der Waals surface area contributed by atoms with Crippen molar-refractivity contribution in [1.82, 2.24) is 0 Å². The Kier molecular flexibility index (Phi) is 6.87. The molecule has 1 aliphatic rings. The molecular formula is C19H36O3Si2. The third kappa shape index (κ3) is 5.43. The number of ether oxygens (including phenoxy) is 1. The summed E-state index contributed by atoms with van der Waals surface area (Å²) in [6, 6.07) is 0. The van der Waals surface area contributed by atoms with Crippen LogP contribution in [0.15, 0.2) is 24.3 Å². The summed E-state index contributed by atoms with van der Waals surface area (Å²) in [5.41, 5.74) is 0.534. The Morgan fingerprint density at radius 2 is 1.71 bits per heavy atom. The zero-order valence-corrected chi connectivity index (χ0v) is 19.0. The minimum Gasteiger partial charge on any atom is -0.466 e. The van der Waals surface area contributed by atoms with Gasteiger partial charge in [0.15, 0.2) is 8.32 Å². The summed E-state index contributed by atoms with van der Waals surface area (Å²) in [5, 5.41) is 0.213. The molecule has 1 aliphatic carbocycles. The van der Waals surface area contributed by atoms with Gasteiger partial charge < -0.3 is 9.16 Å². The third-order valence-electron chi connectivity index (χ3n) is 5.57. The van der Waals surface area contributed by atoms with Crippen LogP contribution in [0.5, 0.6) is 0 Å². The normalized spacial score (nSPS) is 25.5. The van der Waals surface area contributed by atoms with Gasteiger partial charge in [0.2, 0.25) is 0 Å². The highest BCUT2D eigenvalue weighted by molar-refractivity contribution is 6.78. The molecule has 3 atom stereocenters. The van der Waals surface area contributed by atoms with Gasteiger partial charge in [-0.15, -0.1) is 0 Å². The fraction of sp³-hybridized carbons (Fsp3) is 0.737. The van der Waals surface area contributed by atoms with E-state index < -0.39 is 16.4 Å². The second kappa shape index (κ2) is 7.71. The second-order valence-corrected chi connectivity index (χ2v) is 19.7. The predicted octanol–water partition coefficient (Wildman–Crippen LogP) is 5.25. The molecule has 0 fully saturated rings. The molecule has 3 nitrogen and oxygen atoms in total. The summed E-state index contributed by atoms with van der Waals surface area (Å²) in [6.07, 6.45) is 8.30. The first-order valence-corrected chi connectivity index (χ1v) is 15.4. The van der Waals surface area contributed by atoms with Crippen molar-refractivity contribution < 1.29 is 14.0 Å². The first-order valence-electron chi connectivity index (χ1n) is 8.88. The van der Waals surface area contributed by atoms with Crippen LogP contribution in [-0.4, -0.2) is 36.1 Å². The highest BCUT2D eigenvalue weighted by Gasteiger charge is 2.41. The lowest BCUT2D eigenvalue weighted by Gasteiger charge is -2.38. The van der Waals surface area contributed by atoms with Gasteiger partial charge in [0.1, 0.15) is 0 Å². The molecule has 0 radical (unpaired) electrons. The van der Waals surface area contributed by atoms with Crippen LogP contribution in [0.3, 0.4) is 0 Å². The first-order chi connectivity index (χ1) is 10.8. The van der Waals surface area contributed by atoms with Gasteiger partial charge in [-0.2, -0.15) is 0 Å². The predicted molar refractivity (Wildman–Crippen MR) is 108 cm³/mol. The molecule has 0 N–H and O–H groups in total. The third-order valence-corrected chi connectivity index (χ3v) is 12.7. The van der Waals surface area contributed by atoms with Gasteiger partial charge in [-0.1, -0.05) is 58.6 Å². The fourth-order valence-corrected chi connectivity index (χ4v) is 6.10. The maximum absolute atomic E-state index is 11.5. The van der Waals surface area contributed by atoms with Crippen LogP contribution in [0.2, 0.25) is 43.3 Å². The number of hydrogen-bond donors (Lipinski definition) is 0. The van der Waals surface area contributed by atoms with Crippen LogP contribution in [0, 0.1) is 11.8 Å². The van der Waals surface area contributed by atoms with Crippen molar-refractivity contribution in [3.05, 3.63) is 24.3 Å². The van der Waals surface area contributed by atoms with E-state index in [0.29, 0.717) is 17.4 Å². The van der Waals surface area contributed by atoms with E-state index >= 15 is 0 Å². The van der Waals surface area contributed by atoms with E-state index in [-0.39, 0.29) is 11.0 Å². The van der Waals surface area contributed by atoms with E-state index in [0.717, 1.165) is 6.61 Å². The Hall–Kier alpha value is -0.656. The van der Waals surface area contributed by atoms with Gasteiger partial charge in [0.25, 0.3) is 0 Å². The van der Waals surface area contributed by atoms with Gasteiger partial charge in [0.05, 0.1) is 15.2 Å². The lowest BCUT2D eigenvalue weighted by Crippen LogP contribution is -2.42. The summed E-state index contributed by atoms with van der Waals surface area (Å²) in [6.45, 7) is 19.3. The lowest BCUT2D eigenvalue weighted by molar-refractivity contribution is -0.134. The largest absolute Gasteiger partial charge is 0.466 e. The minimum atomic E-state index is -1.76. The summed E-state index contributed by atoms with van der Waals surface area (Å²) in [4.78, 5) is 11.5. The molecule has 0 aliphatic heterocycles. The van der Waals surface area contributed by atoms with Crippen LogP contribution in [0.4, 0.5) is 0 Å². The summed E-state index contributed by atoms with van der Waals surface area (Å²) in [7, 11) is -1.69. The second-order valence-electron chi connectivity index (χ2n) is 9.47. The van der Waals surface area contributed by atoms with Gasteiger partial charge in [-0.25, -0.2) is 4.79 Å². The smallest absolute Gasteiger partial charge is 0.330 e. The molecule has 0 saturated heterocycles. The molecule has 0 aromatic heterocycles. The molecular weight excluding hydrogens is 332 g/mol. The average molecular weight is 369 g/mol. The van der Waals surface area contributed by atoms with Crippen molar-refractivity contribution >= 4 is 22.4 Å². The first kappa shape index (κ1) is 21.4. The molecule has 0 unspecified atom stereocenters. The van der Waals surface area contributed by atoms with E-state index in [1.165, 1.54) is 7.11 Å². The topological polar surface area (TPSA) is 35.5 Å². The number of esters is 1. The molecule has 0 heterocycles. The van der Waals surface area contributed by atoms with E-state index in [2.05, 4.69) is 71.7 Å². The molecule has 24 heavy (non-hydrogen) atoms. The van der Waals surface area contributed by atoms with Crippen molar-refractivity contribution in [2.24, 2.45) is 11.8 Å². The van der Waals surface area contributed by atoms with Gasteiger partial charge in [-0.05, 0) is 29.6 Å². The molecule has 1 rings (SSSR count). The molecule has 0 aromatic carbocycles. The maximum atomic E-state index is 11.5. The van der Waals surface area contributed by atoms with Crippen molar-refractivity contribution in [3.8, 4) is 0 Å². The molecule has 0 aromatic rings. The Morgan fingerprint density at radius 3 is 2.17 bits per heavy atom. The minimum absolute atomic E-state index is 0.213. The van der Waals surface area contributed by atoms with Gasteiger partial charge in [0, 0.05) is 18.6 Å². The van der Waals surface area contributed by atoms with E-state index in [1.54, 1.807) is 6.08 Å². The van der Waals surface area contributed by atoms with Crippen LogP contribution in [-0.2, 0) is 14.0 Å². The fourth-order valence-electron chi connectivity index (χ4n) is 2.86. The highest BCUT2D eigenvalue weighted by atomic mass is 28.4. The van der Waals surface area contributed by atoms with E-state index in [4.69, 9.17) is 9.16 Å². The van der Waals surface area contributed by atoms with Crippen molar-refractivity contribution in [1.29, 1.82) is 0 Å². The van der Waals surface area contributed by atoms with Crippen LogP contribution in [0.25, 0.3) is 0 Å². The number of carbonyl (C=O) groups excluding carboxylic acids is 1. The Labute approximate surface area is 150 Å². The van der Waals surface area contributed by atoms with Crippen molar-refractivity contribution in [3.63, 3.8) is 0 Å². The Bertz CT molecular complexity index is 496. The zero-order valence-electron chi connectivity index (χ0n) is 17.0. The number of allylic oxidation sites excluding steroid dienone is 2. The standard InChI is InChI=1S/C19H36O3Si2/c1-19(2,3)24(8,9)22-14-15-10-12-17(23(5,6)7)16(15)11-13-18(20)21-4/h10-13,15-17H,14H2,1-9H3/b13-11+/t15-,16+,17+/m0/s1. The Balaban J connectivity index is 2.90. The van der Waals surface area contributed by atoms with E-state index in [1.807, 2.05) is 0 Å². The van der Waals surface area contributed by atoms with Gasteiger partial charge >= 0.3 is 5.97 Å². The monoisotopic (exact) mass is 368 g/mol. The Morgan fingerprint density at radius 1 is 1.12 bits per heavy atom. The molecule has 0 saturated carbocycles. The molecule has 0 spiro atoms. The van der Waals surface area contributed by atoms with Crippen molar-refractivity contribution in [2.75, 3.05) is 13.7 Å². The van der Waals surface area contributed by atoms with Crippen LogP contribution >= 0.6 is 0 Å². The van der Waals surface area contributed by atoms with E-state index in [9.17, 15) is 4.79 Å². The molecule has 138 valence electrons. The number of methoxy groups -OCH3 is 1. The maximum Gasteiger partial charge on any atom is 0.330 e. The van der Waals surface area contributed by atoms with Crippen LogP contribution in [0.1, 0.15) is 20.8 Å². The van der Waals surface area contributed by atoms with Gasteiger partial charge in [-0.3, -0.25) is 0 Å². The SMILES string of the molecule is COC(=O)/C=C/[C@H]1[C@H]([Si](C)(C)C)C=C[C@H]1CO[Si](C)(C)C(C)(C)C. The summed E-state index contributed by atoms with van der Waals surface area (Å²) < 4.78 is 11.2. The number of hydrogen-bond acceptors (Lipinski definition) is 3. The lowest BCUT2D eigenvalue weighted by atomic mass is 9.95. The van der Waals surface area contributed by atoms with Crippen molar-refractivity contribution in [2.45, 2.75) is 64.1 Å². The number of carbonyl (C=O) groups is 1. The highest BCUT2D eigenvalue weighted by Crippen LogP contribution is 2.44.